The van der Waals surface area contributed by atoms with Crippen LogP contribution in [0.15, 0.2) is 29.4 Å². The molecule has 0 heterocycles. The fourth-order valence-corrected chi connectivity index (χ4v) is 2.57. The van der Waals surface area contributed by atoms with Crippen LogP contribution in [0.1, 0.15) is 38.2 Å². The molecule has 0 unspecified atom stereocenters. The third kappa shape index (κ3) is 3.96. The van der Waals surface area contributed by atoms with Gasteiger partial charge in [0.2, 0.25) is 0 Å². The number of anilines is 1. The maximum Gasteiger partial charge on any atom is 0.0837 e. The Labute approximate surface area is 114 Å². The number of hydrogen-bond acceptors (Lipinski definition) is 4. The number of nitrogens with zero attached hydrogens (tertiary/aromatic N) is 1. The summed E-state index contributed by atoms with van der Waals surface area (Å²) in [5.41, 5.74) is 8.57. The van der Waals surface area contributed by atoms with Gasteiger partial charge in [0.1, 0.15) is 0 Å². The summed E-state index contributed by atoms with van der Waals surface area (Å²) >= 11 is 0. The highest BCUT2D eigenvalue weighted by atomic mass is 16.4. The van der Waals surface area contributed by atoms with Crippen LogP contribution in [0.25, 0.3) is 0 Å². The minimum Gasteiger partial charge on any atom is -0.411 e. The van der Waals surface area contributed by atoms with Gasteiger partial charge >= 0.3 is 0 Å². The highest BCUT2D eigenvalue weighted by molar-refractivity contribution is 5.98. The second-order valence-corrected chi connectivity index (χ2v) is 5.43. The van der Waals surface area contributed by atoms with Crippen LogP contribution < -0.4 is 11.1 Å². The summed E-state index contributed by atoms with van der Waals surface area (Å²) in [6.07, 6.45) is 4.71. The summed E-state index contributed by atoms with van der Waals surface area (Å²) in [4.78, 5) is 0. The van der Waals surface area contributed by atoms with Gasteiger partial charge in [0.05, 0.1) is 5.71 Å². The predicted molar refractivity (Wildman–Crippen MR) is 78.9 cm³/mol. The van der Waals surface area contributed by atoms with Crippen LogP contribution in [0, 0.1) is 5.92 Å². The normalized spacial score (nSPS) is 24.2. The summed E-state index contributed by atoms with van der Waals surface area (Å²) < 4.78 is 0. The van der Waals surface area contributed by atoms with Gasteiger partial charge in [-0.3, -0.25) is 0 Å². The Bertz CT molecular complexity index is 437. The minimum atomic E-state index is 0.406. The van der Waals surface area contributed by atoms with Crippen molar-refractivity contribution in [1.82, 2.24) is 0 Å². The van der Waals surface area contributed by atoms with E-state index < -0.39 is 0 Å². The lowest BCUT2D eigenvalue weighted by Crippen LogP contribution is -2.29. The molecule has 1 fully saturated rings. The first-order valence-corrected chi connectivity index (χ1v) is 6.97. The van der Waals surface area contributed by atoms with Crippen molar-refractivity contribution in [2.24, 2.45) is 16.8 Å². The number of benzene rings is 1. The van der Waals surface area contributed by atoms with Crippen molar-refractivity contribution in [2.75, 3.05) is 11.9 Å². The first-order valence-electron chi connectivity index (χ1n) is 6.97. The molecule has 4 N–H and O–H groups in total. The quantitative estimate of drug-likeness (QED) is 0.443. The van der Waals surface area contributed by atoms with Crippen LogP contribution in [-0.2, 0) is 0 Å². The van der Waals surface area contributed by atoms with Crippen molar-refractivity contribution in [3.63, 3.8) is 0 Å². The number of hydrogen-bond donors (Lipinski definition) is 3. The molecule has 0 amide bonds. The molecule has 1 saturated carbocycles. The third-order valence-electron chi connectivity index (χ3n) is 3.92. The van der Waals surface area contributed by atoms with E-state index in [0.29, 0.717) is 11.8 Å². The van der Waals surface area contributed by atoms with Gasteiger partial charge in [0.15, 0.2) is 0 Å². The molecule has 4 nitrogen and oxygen atoms in total. The first kappa shape index (κ1) is 13.9. The molecule has 0 aliphatic heterocycles. The Hall–Kier alpha value is -1.55. The van der Waals surface area contributed by atoms with E-state index in [2.05, 4.69) is 10.5 Å². The van der Waals surface area contributed by atoms with Crippen molar-refractivity contribution < 1.29 is 5.21 Å². The number of oxime groups is 1. The fourth-order valence-electron chi connectivity index (χ4n) is 2.57. The van der Waals surface area contributed by atoms with Gasteiger partial charge in [0, 0.05) is 23.8 Å². The van der Waals surface area contributed by atoms with Crippen LogP contribution in [0.2, 0.25) is 0 Å². The van der Waals surface area contributed by atoms with E-state index in [4.69, 9.17) is 10.9 Å². The Morgan fingerprint density at radius 1 is 1.37 bits per heavy atom. The zero-order valence-corrected chi connectivity index (χ0v) is 11.5. The molecule has 2 rings (SSSR count). The standard InChI is InChI=1S/C15H23N3O/c1-11(18-19)13-3-2-4-15(9-13)17-10-12-5-7-14(16)8-6-12/h2-4,9,12,14,17,19H,5-8,10,16H2,1H3/b18-11+. The van der Waals surface area contributed by atoms with Gasteiger partial charge in [-0.05, 0) is 50.7 Å². The topological polar surface area (TPSA) is 70.6 Å². The molecule has 1 aromatic rings. The molecule has 0 spiro atoms. The molecule has 1 aromatic carbocycles. The van der Waals surface area contributed by atoms with E-state index in [-0.39, 0.29) is 0 Å². The lowest BCUT2D eigenvalue weighted by Gasteiger charge is -2.26. The van der Waals surface area contributed by atoms with Crippen molar-refractivity contribution in [3.05, 3.63) is 29.8 Å². The third-order valence-corrected chi connectivity index (χ3v) is 3.92. The average molecular weight is 261 g/mol. The van der Waals surface area contributed by atoms with Crippen molar-refractivity contribution in [2.45, 2.75) is 38.6 Å². The summed E-state index contributed by atoms with van der Waals surface area (Å²) in [5, 5.41) is 15.5. The van der Waals surface area contributed by atoms with Gasteiger partial charge < -0.3 is 16.3 Å². The van der Waals surface area contributed by atoms with Crippen molar-refractivity contribution >= 4 is 11.4 Å². The molecule has 104 valence electrons. The van der Waals surface area contributed by atoms with Crippen LogP contribution in [-0.4, -0.2) is 23.5 Å². The van der Waals surface area contributed by atoms with E-state index in [0.717, 1.165) is 36.6 Å². The van der Waals surface area contributed by atoms with Crippen LogP contribution >= 0.6 is 0 Å². The fraction of sp³-hybridized carbons (Fsp3) is 0.533. The molecule has 1 aliphatic carbocycles. The zero-order valence-electron chi connectivity index (χ0n) is 11.5. The smallest absolute Gasteiger partial charge is 0.0837 e. The summed E-state index contributed by atoms with van der Waals surface area (Å²) in [7, 11) is 0. The second kappa shape index (κ2) is 6.57. The average Bonchev–Trinajstić information content (AvgIpc) is 2.46. The van der Waals surface area contributed by atoms with Gasteiger partial charge in [-0.15, -0.1) is 0 Å². The van der Waals surface area contributed by atoms with Crippen LogP contribution in [0.3, 0.4) is 0 Å². The highest BCUT2D eigenvalue weighted by Gasteiger charge is 2.18. The number of nitrogens with two attached hydrogens (primary N) is 1. The van der Waals surface area contributed by atoms with Crippen molar-refractivity contribution in [3.8, 4) is 0 Å². The Kier molecular flexibility index (Phi) is 4.80. The Morgan fingerprint density at radius 3 is 2.79 bits per heavy atom. The molecular weight excluding hydrogens is 238 g/mol. The number of rotatable bonds is 4. The van der Waals surface area contributed by atoms with E-state index in [1.165, 1.54) is 12.8 Å². The molecule has 4 heteroatoms. The SMILES string of the molecule is C/C(=N\O)c1cccc(NCC2CCC(N)CC2)c1. The lowest BCUT2D eigenvalue weighted by atomic mass is 9.86. The minimum absolute atomic E-state index is 0.406. The molecule has 0 bridgehead atoms. The van der Waals surface area contributed by atoms with Gasteiger partial charge in [-0.2, -0.15) is 0 Å². The maximum absolute atomic E-state index is 8.79. The van der Waals surface area contributed by atoms with Gasteiger partial charge in [0.25, 0.3) is 0 Å². The second-order valence-electron chi connectivity index (χ2n) is 5.43. The Balaban J connectivity index is 1.89. The molecule has 0 aromatic heterocycles. The van der Waals surface area contributed by atoms with E-state index in [1.807, 2.05) is 24.3 Å². The molecule has 0 radical (unpaired) electrons. The zero-order chi connectivity index (χ0) is 13.7. The van der Waals surface area contributed by atoms with Crippen LogP contribution in [0.4, 0.5) is 5.69 Å². The molecule has 0 saturated heterocycles. The molecule has 1 aliphatic rings. The molecule has 19 heavy (non-hydrogen) atoms. The van der Waals surface area contributed by atoms with E-state index >= 15 is 0 Å². The van der Waals surface area contributed by atoms with E-state index in [1.54, 1.807) is 6.92 Å². The van der Waals surface area contributed by atoms with Gasteiger partial charge in [-0.1, -0.05) is 17.3 Å². The molecule has 0 atom stereocenters. The monoisotopic (exact) mass is 261 g/mol. The van der Waals surface area contributed by atoms with Crippen molar-refractivity contribution in [1.29, 1.82) is 0 Å². The van der Waals surface area contributed by atoms with E-state index in [9.17, 15) is 0 Å². The Morgan fingerprint density at radius 2 is 2.11 bits per heavy atom. The highest BCUT2D eigenvalue weighted by Crippen LogP contribution is 2.23. The molecular formula is C15H23N3O. The number of nitrogens with one attached hydrogen (secondary N) is 1. The lowest BCUT2D eigenvalue weighted by molar-refractivity contribution is 0.319. The largest absolute Gasteiger partial charge is 0.411 e. The predicted octanol–water partition coefficient (Wildman–Crippen LogP) is 2.81. The summed E-state index contributed by atoms with van der Waals surface area (Å²) in [5.74, 6) is 0.719. The summed E-state index contributed by atoms with van der Waals surface area (Å²) in [6.45, 7) is 2.78. The van der Waals surface area contributed by atoms with Gasteiger partial charge in [-0.25, -0.2) is 0 Å². The first-order chi connectivity index (χ1) is 9.19. The summed E-state index contributed by atoms with van der Waals surface area (Å²) in [6, 6.07) is 8.39. The van der Waals surface area contributed by atoms with Crippen LogP contribution in [0.5, 0.6) is 0 Å². The maximum atomic E-state index is 8.79.